The molecule has 0 aliphatic rings. The highest BCUT2D eigenvalue weighted by atomic mass is 32.2. The van der Waals surface area contributed by atoms with Crippen LogP contribution in [0, 0.1) is 5.92 Å². The molecule has 1 aromatic rings. The molecular weight excluding hydrogens is 186 g/mol. The Morgan fingerprint density at radius 1 is 1.46 bits per heavy atom. The summed E-state index contributed by atoms with van der Waals surface area (Å²) in [6.07, 6.45) is 0. The molecule has 1 rings (SSSR count). The van der Waals surface area contributed by atoms with Gasteiger partial charge >= 0.3 is 0 Å². The first kappa shape index (κ1) is 10.5. The van der Waals surface area contributed by atoms with Crippen molar-refractivity contribution in [1.29, 1.82) is 0 Å². The van der Waals surface area contributed by atoms with Gasteiger partial charge in [-0.25, -0.2) is 0 Å². The summed E-state index contributed by atoms with van der Waals surface area (Å²) in [6, 6.07) is -0.154. The number of thioether (sulfide) groups is 1. The van der Waals surface area contributed by atoms with E-state index < -0.39 is 0 Å². The van der Waals surface area contributed by atoms with Crippen LogP contribution in [0.5, 0.6) is 0 Å². The third kappa shape index (κ3) is 2.70. The lowest BCUT2D eigenvalue weighted by Crippen LogP contribution is -2.16. The van der Waals surface area contributed by atoms with Gasteiger partial charge < -0.3 is 10.2 Å². The first-order valence-corrected chi connectivity index (χ1v) is 5.35. The Morgan fingerprint density at radius 3 is 2.69 bits per heavy atom. The third-order valence-corrected chi connectivity index (χ3v) is 2.39. The van der Waals surface area contributed by atoms with E-state index in [0.29, 0.717) is 17.0 Å². The van der Waals surface area contributed by atoms with E-state index in [1.54, 1.807) is 0 Å². The molecule has 0 saturated heterocycles. The zero-order chi connectivity index (χ0) is 9.84. The number of rotatable bonds is 4. The Hall–Kier alpha value is -0.550. The Kier molecular flexibility index (Phi) is 3.74. The summed E-state index contributed by atoms with van der Waals surface area (Å²) in [5, 5.41) is 8.37. The quantitative estimate of drug-likeness (QED) is 0.753. The van der Waals surface area contributed by atoms with Gasteiger partial charge in [0.05, 0.1) is 6.04 Å². The van der Waals surface area contributed by atoms with Crippen molar-refractivity contribution in [2.75, 3.05) is 5.75 Å². The average molecular weight is 201 g/mol. The highest BCUT2D eigenvalue weighted by Gasteiger charge is 2.17. The molecule has 0 bridgehead atoms. The second-order valence-electron chi connectivity index (χ2n) is 3.11. The van der Waals surface area contributed by atoms with Crippen molar-refractivity contribution in [2.45, 2.75) is 32.0 Å². The fraction of sp³-hybridized carbons (Fsp3) is 0.750. The smallest absolute Gasteiger partial charge is 0.276 e. The van der Waals surface area contributed by atoms with Crippen LogP contribution in [0.2, 0.25) is 0 Å². The summed E-state index contributed by atoms with van der Waals surface area (Å²) in [6.45, 7) is 6.10. The van der Waals surface area contributed by atoms with Crippen LogP contribution in [0.15, 0.2) is 9.64 Å². The Morgan fingerprint density at radius 2 is 2.15 bits per heavy atom. The van der Waals surface area contributed by atoms with E-state index in [4.69, 9.17) is 10.2 Å². The lowest BCUT2D eigenvalue weighted by Gasteiger charge is -2.09. The van der Waals surface area contributed by atoms with Gasteiger partial charge in [-0.2, -0.15) is 0 Å². The maximum atomic E-state index is 5.84. The van der Waals surface area contributed by atoms with Crippen LogP contribution in [-0.2, 0) is 0 Å². The van der Waals surface area contributed by atoms with Crippen molar-refractivity contribution in [1.82, 2.24) is 10.2 Å². The molecule has 0 spiro atoms. The third-order valence-electron chi connectivity index (χ3n) is 1.69. The van der Waals surface area contributed by atoms with Crippen LogP contribution >= 0.6 is 11.8 Å². The topological polar surface area (TPSA) is 64.9 Å². The standard InChI is InChI=1S/C8H15N3OS/c1-4-13-8-11-10-7(12-8)6(9)5(2)3/h5-6H,4,9H2,1-3H3. The maximum Gasteiger partial charge on any atom is 0.276 e. The van der Waals surface area contributed by atoms with Gasteiger partial charge in [0.25, 0.3) is 5.22 Å². The Labute approximate surface area is 82.3 Å². The molecule has 0 aromatic carbocycles. The molecule has 0 amide bonds. The van der Waals surface area contributed by atoms with Crippen molar-refractivity contribution < 1.29 is 4.42 Å². The second kappa shape index (κ2) is 4.62. The molecular formula is C8H15N3OS. The van der Waals surface area contributed by atoms with Crippen LogP contribution in [-0.4, -0.2) is 16.0 Å². The van der Waals surface area contributed by atoms with E-state index in [9.17, 15) is 0 Å². The van der Waals surface area contributed by atoms with E-state index in [1.807, 2.05) is 20.8 Å². The van der Waals surface area contributed by atoms with Gasteiger partial charge in [0.2, 0.25) is 5.89 Å². The molecule has 1 unspecified atom stereocenters. The summed E-state index contributed by atoms with van der Waals surface area (Å²) < 4.78 is 5.36. The monoisotopic (exact) mass is 201 g/mol. The fourth-order valence-electron chi connectivity index (χ4n) is 0.822. The van der Waals surface area contributed by atoms with Crippen LogP contribution in [0.3, 0.4) is 0 Å². The second-order valence-corrected chi connectivity index (χ2v) is 4.32. The molecule has 0 aliphatic carbocycles. The van der Waals surface area contributed by atoms with E-state index >= 15 is 0 Å². The van der Waals surface area contributed by atoms with E-state index in [0.717, 1.165) is 5.75 Å². The Balaban J connectivity index is 2.67. The summed E-state index contributed by atoms with van der Waals surface area (Å²) >= 11 is 1.53. The van der Waals surface area contributed by atoms with Crippen LogP contribution in [0.1, 0.15) is 32.7 Å². The number of hydrogen-bond donors (Lipinski definition) is 1. The van der Waals surface area contributed by atoms with Crippen molar-refractivity contribution in [3.8, 4) is 0 Å². The van der Waals surface area contributed by atoms with Gasteiger partial charge in [-0.15, -0.1) is 10.2 Å². The number of nitrogens with two attached hydrogens (primary N) is 1. The molecule has 0 aliphatic heterocycles. The summed E-state index contributed by atoms with van der Waals surface area (Å²) in [7, 11) is 0. The predicted molar refractivity (Wildman–Crippen MR) is 52.5 cm³/mol. The van der Waals surface area contributed by atoms with Crippen molar-refractivity contribution >= 4 is 11.8 Å². The summed E-state index contributed by atoms with van der Waals surface area (Å²) in [4.78, 5) is 0. The van der Waals surface area contributed by atoms with Gasteiger partial charge in [-0.05, 0) is 11.7 Å². The normalized spacial score (nSPS) is 13.6. The molecule has 5 heteroatoms. The predicted octanol–water partition coefficient (Wildman–Crippen LogP) is 1.84. The first-order valence-electron chi connectivity index (χ1n) is 4.37. The zero-order valence-electron chi connectivity index (χ0n) is 8.15. The molecule has 2 N–H and O–H groups in total. The fourth-order valence-corrected chi connectivity index (χ4v) is 1.31. The first-order chi connectivity index (χ1) is 6.15. The zero-order valence-corrected chi connectivity index (χ0v) is 8.97. The number of hydrogen-bond acceptors (Lipinski definition) is 5. The van der Waals surface area contributed by atoms with Gasteiger partial charge in [-0.1, -0.05) is 32.5 Å². The SMILES string of the molecule is CCSc1nnc(C(N)C(C)C)o1. The maximum absolute atomic E-state index is 5.84. The minimum atomic E-state index is -0.154. The van der Waals surface area contributed by atoms with E-state index in [2.05, 4.69) is 10.2 Å². The van der Waals surface area contributed by atoms with Gasteiger partial charge in [0.15, 0.2) is 0 Å². The average Bonchev–Trinajstić information content (AvgIpc) is 2.52. The van der Waals surface area contributed by atoms with Crippen LogP contribution < -0.4 is 5.73 Å². The van der Waals surface area contributed by atoms with Crippen molar-refractivity contribution in [3.05, 3.63) is 5.89 Å². The summed E-state index contributed by atoms with van der Waals surface area (Å²) in [5.41, 5.74) is 5.84. The minimum absolute atomic E-state index is 0.154. The largest absolute Gasteiger partial charge is 0.414 e. The highest BCUT2D eigenvalue weighted by molar-refractivity contribution is 7.99. The molecule has 1 atom stereocenters. The molecule has 0 fully saturated rings. The van der Waals surface area contributed by atoms with Crippen LogP contribution in [0.25, 0.3) is 0 Å². The van der Waals surface area contributed by atoms with Gasteiger partial charge in [0.1, 0.15) is 0 Å². The molecule has 1 aromatic heterocycles. The van der Waals surface area contributed by atoms with Crippen LogP contribution in [0.4, 0.5) is 0 Å². The van der Waals surface area contributed by atoms with Crippen molar-refractivity contribution in [2.24, 2.45) is 11.7 Å². The minimum Gasteiger partial charge on any atom is -0.414 e. The molecule has 4 nitrogen and oxygen atoms in total. The Bertz CT molecular complexity index is 262. The van der Waals surface area contributed by atoms with Crippen molar-refractivity contribution in [3.63, 3.8) is 0 Å². The van der Waals surface area contributed by atoms with E-state index in [-0.39, 0.29) is 6.04 Å². The molecule has 1 heterocycles. The lowest BCUT2D eigenvalue weighted by molar-refractivity contribution is 0.349. The number of aromatic nitrogens is 2. The molecule has 0 saturated carbocycles. The molecule has 74 valence electrons. The van der Waals surface area contributed by atoms with Gasteiger partial charge in [-0.3, -0.25) is 0 Å². The molecule has 0 radical (unpaired) electrons. The number of nitrogens with zero attached hydrogens (tertiary/aromatic N) is 2. The summed E-state index contributed by atoms with van der Waals surface area (Å²) in [5.74, 6) is 1.78. The molecule has 13 heavy (non-hydrogen) atoms. The van der Waals surface area contributed by atoms with E-state index in [1.165, 1.54) is 11.8 Å². The van der Waals surface area contributed by atoms with Gasteiger partial charge in [0, 0.05) is 0 Å². The highest BCUT2D eigenvalue weighted by Crippen LogP contribution is 2.21. The lowest BCUT2D eigenvalue weighted by atomic mass is 10.1.